The molecule has 1 unspecified atom stereocenters. The summed E-state index contributed by atoms with van der Waals surface area (Å²) in [6, 6.07) is -0.464. The molecule has 1 atom stereocenters. The zero-order valence-corrected chi connectivity index (χ0v) is 9.19. The molecule has 0 fully saturated rings. The van der Waals surface area contributed by atoms with Crippen molar-refractivity contribution < 1.29 is 14.7 Å². The molecule has 0 spiro atoms. The van der Waals surface area contributed by atoms with E-state index in [1.54, 1.807) is 6.92 Å². The van der Waals surface area contributed by atoms with Crippen molar-refractivity contribution in [2.75, 3.05) is 13.2 Å². The van der Waals surface area contributed by atoms with E-state index in [9.17, 15) is 4.79 Å². The fourth-order valence-corrected chi connectivity index (χ4v) is 0.885. The molecule has 0 aliphatic heterocycles. The normalized spacial score (nSPS) is 13.6. The first-order chi connectivity index (χ1) is 7.11. The average molecular weight is 217 g/mol. The van der Waals surface area contributed by atoms with Crippen LogP contribution in [0.4, 0.5) is 0 Å². The Bertz CT molecular complexity index is 219. The van der Waals surface area contributed by atoms with Crippen LogP contribution in [0, 0.1) is 0 Å². The lowest BCUT2D eigenvalue weighted by Crippen LogP contribution is -2.42. The highest BCUT2D eigenvalue weighted by molar-refractivity contribution is 5.89. The molecule has 15 heavy (non-hydrogen) atoms. The average Bonchev–Trinajstić information content (AvgIpc) is 2.23. The second kappa shape index (κ2) is 8.05. The fourth-order valence-electron chi connectivity index (χ4n) is 0.885. The fraction of sp³-hybridized carbons (Fsp3) is 0.778. The number of amides is 1. The monoisotopic (exact) mass is 217 g/mol. The minimum absolute atomic E-state index is 0.0159. The van der Waals surface area contributed by atoms with E-state index in [1.807, 2.05) is 6.92 Å². The molecule has 1 amide bonds. The van der Waals surface area contributed by atoms with Crippen LogP contribution in [-0.4, -0.2) is 36.2 Å². The molecule has 0 aromatic carbocycles. The molecule has 0 saturated carbocycles. The molecule has 88 valence electrons. The number of rotatable bonds is 7. The van der Waals surface area contributed by atoms with Crippen molar-refractivity contribution in [2.24, 2.45) is 10.9 Å². The van der Waals surface area contributed by atoms with Gasteiger partial charge in [0.05, 0.1) is 12.6 Å². The van der Waals surface area contributed by atoms with Crippen molar-refractivity contribution in [3.63, 3.8) is 0 Å². The van der Waals surface area contributed by atoms with Gasteiger partial charge in [-0.2, -0.15) is 0 Å². The van der Waals surface area contributed by atoms with E-state index in [1.165, 1.54) is 0 Å². The summed E-state index contributed by atoms with van der Waals surface area (Å²) in [7, 11) is 0. The number of hydrogen-bond acceptors (Lipinski definition) is 4. The summed E-state index contributed by atoms with van der Waals surface area (Å²) < 4.78 is 5.15. The van der Waals surface area contributed by atoms with Crippen molar-refractivity contribution in [3.05, 3.63) is 0 Å². The van der Waals surface area contributed by atoms with Gasteiger partial charge in [0.2, 0.25) is 5.91 Å². The summed E-state index contributed by atoms with van der Waals surface area (Å²) in [6.07, 6.45) is 1.21. The quantitative estimate of drug-likeness (QED) is 0.184. The van der Waals surface area contributed by atoms with Crippen molar-refractivity contribution in [3.8, 4) is 0 Å². The highest BCUT2D eigenvalue weighted by Crippen LogP contribution is 1.88. The van der Waals surface area contributed by atoms with Crippen LogP contribution in [0.25, 0.3) is 0 Å². The van der Waals surface area contributed by atoms with Crippen molar-refractivity contribution in [1.29, 1.82) is 0 Å². The summed E-state index contributed by atoms with van der Waals surface area (Å²) in [4.78, 5) is 11.3. The van der Waals surface area contributed by atoms with E-state index >= 15 is 0 Å². The lowest BCUT2D eigenvalue weighted by Gasteiger charge is -2.11. The zero-order chi connectivity index (χ0) is 11.7. The number of nitrogens with zero attached hydrogens (tertiary/aromatic N) is 1. The van der Waals surface area contributed by atoms with Crippen molar-refractivity contribution >= 4 is 11.7 Å². The van der Waals surface area contributed by atoms with Gasteiger partial charge in [-0.25, -0.2) is 0 Å². The molecule has 0 aromatic rings. The minimum Gasteiger partial charge on any atom is -0.409 e. The number of carbonyl (C=O) groups excluding carboxylic acids is 1. The maximum absolute atomic E-state index is 11.3. The van der Waals surface area contributed by atoms with E-state index in [2.05, 4.69) is 10.5 Å². The molecule has 0 aliphatic carbocycles. The highest BCUT2D eigenvalue weighted by atomic mass is 16.5. The van der Waals surface area contributed by atoms with Crippen LogP contribution < -0.4 is 11.1 Å². The summed E-state index contributed by atoms with van der Waals surface area (Å²) >= 11 is 0. The number of ether oxygens (including phenoxy) is 1. The lowest BCUT2D eigenvalue weighted by molar-refractivity contribution is -0.122. The Morgan fingerprint density at radius 2 is 2.27 bits per heavy atom. The number of hydrogen-bond donors (Lipinski definition) is 3. The van der Waals surface area contributed by atoms with Gasteiger partial charge >= 0.3 is 0 Å². The van der Waals surface area contributed by atoms with Crippen molar-refractivity contribution in [1.82, 2.24) is 5.32 Å². The van der Waals surface area contributed by atoms with Crippen LogP contribution >= 0.6 is 0 Å². The molecule has 4 N–H and O–H groups in total. The van der Waals surface area contributed by atoms with Crippen LogP contribution in [0.5, 0.6) is 0 Å². The third kappa shape index (κ3) is 6.73. The van der Waals surface area contributed by atoms with Gasteiger partial charge < -0.3 is 21.0 Å². The maximum Gasteiger partial charge on any atom is 0.222 e. The predicted octanol–water partition coefficient (Wildman–Crippen LogP) is 0.0542. The number of carbonyl (C=O) groups is 1. The second-order valence-electron chi connectivity index (χ2n) is 3.18. The molecule has 0 aromatic heterocycles. The van der Waals surface area contributed by atoms with Crippen LogP contribution in [-0.2, 0) is 9.53 Å². The van der Waals surface area contributed by atoms with Gasteiger partial charge in [-0.3, -0.25) is 4.79 Å². The first-order valence-corrected chi connectivity index (χ1v) is 4.96. The van der Waals surface area contributed by atoms with Crippen LogP contribution in [0.3, 0.4) is 0 Å². The summed E-state index contributed by atoms with van der Waals surface area (Å²) in [5, 5.41) is 13.7. The van der Waals surface area contributed by atoms with Gasteiger partial charge in [-0.1, -0.05) is 12.1 Å². The number of nitrogens with two attached hydrogens (primary N) is 1. The summed E-state index contributed by atoms with van der Waals surface area (Å²) in [5.41, 5.74) is 5.30. The minimum atomic E-state index is -0.464. The van der Waals surface area contributed by atoms with E-state index < -0.39 is 6.04 Å². The number of oxime groups is 1. The topological polar surface area (TPSA) is 96.9 Å². The van der Waals surface area contributed by atoms with E-state index in [4.69, 9.17) is 15.7 Å². The van der Waals surface area contributed by atoms with E-state index in [0.29, 0.717) is 13.2 Å². The Kier molecular flexibility index (Phi) is 7.35. The molecule has 0 bridgehead atoms. The lowest BCUT2D eigenvalue weighted by atomic mass is 10.3. The maximum atomic E-state index is 11.3. The molecule has 6 heteroatoms. The highest BCUT2D eigenvalue weighted by Gasteiger charge is 2.10. The van der Waals surface area contributed by atoms with Gasteiger partial charge in [-0.15, -0.1) is 0 Å². The van der Waals surface area contributed by atoms with E-state index in [0.717, 1.165) is 6.42 Å². The Morgan fingerprint density at radius 1 is 1.60 bits per heavy atom. The smallest absolute Gasteiger partial charge is 0.222 e. The van der Waals surface area contributed by atoms with Gasteiger partial charge in [0.15, 0.2) is 5.84 Å². The van der Waals surface area contributed by atoms with Gasteiger partial charge in [0, 0.05) is 13.0 Å². The number of amidine groups is 1. The molecule has 0 saturated heterocycles. The van der Waals surface area contributed by atoms with Gasteiger partial charge in [0.1, 0.15) is 0 Å². The Balaban J connectivity index is 3.65. The standard InChI is InChI=1S/C9H19N3O3/c1-3-5-15-6-4-8(13)11-7(2)9(10)12-14/h7,14H,3-6H2,1-2H3,(H2,10,12)(H,11,13). The first-order valence-electron chi connectivity index (χ1n) is 4.96. The predicted molar refractivity (Wildman–Crippen MR) is 56.7 cm³/mol. The molecular formula is C9H19N3O3. The van der Waals surface area contributed by atoms with Gasteiger partial charge in [-0.05, 0) is 13.3 Å². The summed E-state index contributed by atoms with van der Waals surface area (Å²) in [5.74, 6) is -0.192. The molecular weight excluding hydrogens is 198 g/mol. The molecule has 0 radical (unpaired) electrons. The number of nitrogens with one attached hydrogen (secondary N) is 1. The molecule has 0 rings (SSSR count). The molecule has 0 aliphatic rings. The molecule has 6 nitrogen and oxygen atoms in total. The largest absolute Gasteiger partial charge is 0.409 e. The van der Waals surface area contributed by atoms with Crippen LogP contribution in [0.1, 0.15) is 26.7 Å². The first kappa shape index (κ1) is 13.7. The molecule has 0 heterocycles. The zero-order valence-electron chi connectivity index (χ0n) is 9.19. The third-order valence-corrected chi connectivity index (χ3v) is 1.76. The SMILES string of the molecule is CCCOCCC(=O)NC(C)C(N)=NO. The van der Waals surface area contributed by atoms with Crippen LogP contribution in [0.15, 0.2) is 5.16 Å². The second-order valence-corrected chi connectivity index (χ2v) is 3.18. The third-order valence-electron chi connectivity index (χ3n) is 1.76. The van der Waals surface area contributed by atoms with Crippen LogP contribution in [0.2, 0.25) is 0 Å². The summed E-state index contributed by atoms with van der Waals surface area (Å²) in [6.45, 7) is 4.69. The van der Waals surface area contributed by atoms with Gasteiger partial charge in [0.25, 0.3) is 0 Å². The Morgan fingerprint density at radius 3 is 2.80 bits per heavy atom. The Hall–Kier alpha value is -1.30. The Labute approximate surface area is 89.5 Å². The van der Waals surface area contributed by atoms with E-state index in [-0.39, 0.29) is 18.2 Å². The van der Waals surface area contributed by atoms with Crippen molar-refractivity contribution in [2.45, 2.75) is 32.7 Å².